The van der Waals surface area contributed by atoms with Crippen LogP contribution in [0.2, 0.25) is 0 Å². The third kappa shape index (κ3) is 6.41. The molecule has 2 saturated heterocycles. The summed E-state index contributed by atoms with van der Waals surface area (Å²) in [6.45, 7) is 3.67. The maximum atomic E-state index is 11.4. The van der Waals surface area contributed by atoms with Crippen LogP contribution in [0.25, 0.3) is 0 Å². The number of carboxylic acids is 2. The Labute approximate surface area is 168 Å². The summed E-state index contributed by atoms with van der Waals surface area (Å²) in [7, 11) is 1.45. The Balaban J connectivity index is 0.000000941. The van der Waals surface area contributed by atoms with E-state index < -0.39 is 11.9 Å². The molecule has 2 atom stereocenters. The first kappa shape index (κ1) is 22.6. The van der Waals surface area contributed by atoms with E-state index in [4.69, 9.17) is 24.5 Å². The quantitative estimate of drug-likeness (QED) is 0.562. The highest BCUT2D eigenvalue weighted by Gasteiger charge is 2.34. The van der Waals surface area contributed by atoms with Crippen molar-refractivity contribution >= 4 is 18.4 Å². The number of ether oxygens (including phenoxy) is 2. The molecule has 1 aromatic rings. The predicted molar refractivity (Wildman–Crippen MR) is 101 cm³/mol. The second-order valence-corrected chi connectivity index (χ2v) is 7.02. The van der Waals surface area contributed by atoms with Crippen LogP contribution >= 0.6 is 0 Å². The number of carbonyl (C=O) groups is 3. The summed E-state index contributed by atoms with van der Waals surface area (Å²) in [4.78, 5) is 35.1. The van der Waals surface area contributed by atoms with Gasteiger partial charge in [-0.15, -0.1) is 0 Å². The monoisotopic (exact) mass is 410 g/mol. The Morgan fingerprint density at radius 2 is 1.97 bits per heavy atom. The van der Waals surface area contributed by atoms with Gasteiger partial charge in [0.25, 0.3) is 6.47 Å². The standard InChI is InChI=1S/C18H24N2O6.CH2O2/c1-25-16-3-2-12(4-15(16)18(23)24)6-20-7-13-5-19(9-17(21)22)8-14(20)11-26-10-13;2-1-3/h2-4,13-14H,5-11H2,1H3,(H,21,22)(H,23,24);1H,(H,2,3)/t13-,14-;/m0./s1. The average molecular weight is 410 g/mol. The smallest absolute Gasteiger partial charge is 0.339 e. The average Bonchev–Trinajstić information content (AvgIpc) is 2.91. The van der Waals surface area contributed by atoms with Crippen molar-refractivity contribution in [2.24, 2.45) is 5.92 Å². The predicted octanol–water partition coefficient (Wildman–Crippen LogP) is 0.311. The van der Waals surface area contributed by atoms with Gasteiger partial charge in [0.15, 0.2) is 0 Å². The van der Waals surface area contributed by atoms with Crippen molar-refractivity contribution in [3.05, 3.63) is 29.3 Å². The van der Waals surface area contributed by atoms with Crippen molar-refractivity contribution in [1.82, 2.24) is 9.80 Å². The van der Waals surface area contributed by atoms with Crippen molar-refractivity contribution in [2.75, 3.05) is 46.5 Å². The van der Waals surface area contributed by atoms with Crippen LogP contribution in [0.3, 0.4) is 0 Å². The fraction of sp³-hybridized carbons (Fsp3) is 0.526. The van der Waals surface area contributed by atoms with Crippen molar-refractivity contribution < 1.29 is 39.2 Å². The Hall–Kier alpha value is -2.69. The molecule has 0 radical (unpaired) electrons. The molecule has 160 valence electrons. The van der Waals surface area contributed by atoms with Gasteiger partial charge in [-0.3, -0.25) is 19.4 Å². The molecule has 2 bridgehead atoms. The van der Waals surface area contributed by atoms with Gasteiger partial charge < -0.3 is 24.8 Å². The van der Waals surface area contributed by atoms with Crippen LogP contribution in [0.1, 0.15) is 15.9 Å². The molecule has 1 aromatic carbocycles. The highest BCUT2D eigenvalue weighted by atomic mass is 16.5. The van der Waals surface area contributed by atoms with Crippen LogP contribution in [0.4, 0.5) is 0 Å². The Bertz CT molecular complexity index is 726. The topological polar surface area (TPSA) is 137 Å². The SMILES string of the molecule is COc1ccc(CN2C[C@H]3COC[C@@H]2CN(CC(=O)O)C3)cc1C(=O)O.O=CO. The highest BCUT2D eigenvalue weighted by molar-refractivity contribution is 5.91. The Morgan fingerprint density at radius 3 is 2.59 bits per heavy atom. The number of hydrogen-bond acceptors (Lipinski definition) is 7. The van der Waals surface area contributed by atoms with E-state index in [9.17, 15) is 14.7 Å². The van der Waals surface area contributed by atoms with E-state index in [0.717, 1.165) is 12.1 Å². The van der Waals surface area contributed by atoms with Crippen molar-refractivity contribution in [3.8, 4) is 5.75 Å². The number of carboxylic acid groups (broad SMARTS) is 3. The number of methoxy groups -OCH3 is 1. The van der Waals surface area contributed by atoms with Crippen LogP contribution in [0.5, 0.6) is 5.75 Å². The molecule has 0 spiro atoms. The summed E-state index contributed by atoms with van der Waals surface area (Å²) in [6.07, 6.45) is 0. The Morgan fingerprint density at radius 1 is 1.24 bits per heavy atom. The molecule has 2 aliphatic heterocycles. The lowest BCUT2D eigenvalue weighted by molar-refractivity contribution is -0.138. The number of aliphatic carboxylic acids is 1. The molecular formula is C19H26N2O8. The third-order valence-corrected chi connectivity index (χ3v) is 4.90. The maximum absolute atomic E-state index is 11.4. The first-order chi connectivity index (χ1) is 13.9. The molecule has 0 aromatic heterocycles. The zero-order valence-electron chi connectivity index (χ0n) is 16.2. The normalized spacial score (nSPS) is 22.0. The van der Waals surface area contributed by atoms with Gasteiger partial charge in [-0.2, -0.15) is 0 Å². The van der Waals surface area contributed by atoms with E-state index in [1.807, 2.05) is 11.0 Å². The lowest BCUT2D eigenvalue weighted by Crippen LogP contribution is -2.44. The molecular weight excluding hydrogens is 384 g/mol. The number of hydrogen-bond donors (Lipinski definition) is 3. The summed E-state index contributed by atoms with van der Waals surface area (Å²) >= 11 is 0. The lowest BCUT2D eigenvalue weighted by Gasteiger charge is -2.30. The summed E-state index contributed by atoms with van der Waals surface area (Å²) in [5.74, 6) is -1.26. The van der Waals surface area contributed by atoms with Gasteiger partial charge >= 0.3 is 11.9 Å². The number of aromatic carboxylic acids is 1. The van der Waals surface area contributed by atoms with E-state index in [1.165, 1.54) is 7.11 Å². The number of benzene rings is 1. The minimum atomic E-state index is -1.02. The van der Waals surface area contributed by atoms with E-state index in [0.29, 0.717) is 38.6 Å². The minimum absolute atomic E-state index is 0.0343. The summed E-state index contributed by atoms with van der Waals surface area (Å²) in [5.41, 5.74) is 1.03. The van der Waals surface area contributed by atoms with E-state index in [1.54, 1.807) is 12.1 Å². The van der Waals surface area contributed by atoms with E-state index in [2.05, 4.69) is 4.90 Å². The number of fused-ring (bicyclic) bond motifs is 3. The highest BCUT2D eigenvalue weighted by Crippen LogP contribution is 2.24. The van der Waals surface area contributed by atoms with Crippen molar-refractivity contribution in [1.29, 1.82) is 0 Å². The van der Waals surface area contributed by atoms with Crippen LogP contribution < -0.4 is 4.74 Å². The molecule has 0 unspecified atom stereocenters. The molecule has 0 saturated carbocycles. The largest absolute Gasteiger partial charge is 0.496 e. The Kier molecular flexibility index (Phi) is 8.37. The molecule has 0 aliphatic carbocycles. The van der Waals surface area contributed by atoms with Gasteiger partial charge in [0.2, 0.25) is 0 Å². The van der Waals surface area contributed by atoms with Crippen LogP contribution in [-0.2, 0) is 20.9 Å². The summed E-state index contributed by atoms with van der Waals surface area (Å²) in [5, 5.41) is 25.4. The third-order valence-electron chi connectivity index (χ3n) is 4.90. The molecule has 2 heterocycles. The second kappa shape index (κ2) is 10.7. The fourth-order valence-electron chi connectivity index (χ4n) is 3.80. The maximum Gasteiger partial charge on any atom is 0.339 e. The zero-order chi connectivity index (χ0) is 21.4. The van der Waals surface area contributed by atoms with Gasteiger partial charge in [-0.25, -0.2) is 4.79 Å². The van der Waals surface area contributed by atoms with Crippen LogP contribution in [0, 0.1) is 5.92 Å². The van der Waals surface area contributed by atoms with Gasteiger partial charge in [-0.05, 0) is 17.7 Å². The first-order valence-corrected chi connectivity index (χ1v) is 9.11. The van der Waals surface area contributed by atoms with Crippen LogP contribution in [-0.4, -0.2) is 96.1 Å². The molecule has 10 heteroatoms. The molecule has 2 fully saturated rings. The van der Waals surface area contributed by atoms with Crippen molar-refractivity contribution in [2.45, 2.75) is 12.6 Å². The molecule has 3 N–H and O–H groups in total. The van der Waals surface area contributed by atoms with E-state index >= 15 is 0 Å². The van der Waals surface area contributed by atoms with Crippen molar-refractivity contribution in [3.63, 3.8) is 0 Å². The number of nitrogens with zero attached hydrogens (tertiary/aromatic N) is 2. The molecule has 2 aliphatic rings. The van der Waals surface area contributed by atoms with Gasteiger partial charge in [0, 0.05) is 38.1 Å². The first-order valence-electron chi connectivity index (χ1n) is 9.11. The molecule has 10 nitrogen and oxygen atoms in total. The van der Waals surface area contributed by atoms with E-state index in [-0.39, 0.29) is 30.5 Å². The minimum Gasteiger partial charge on any atom is -0.496 e. The lowest BCUT2D eigenvalue weighted by atomic mass is 10.1. The zero-order valence-corrected chi connectivity index (χ0v) is 16.2. The second-order valence-electron chi connectivity index (χ2n) is 7.02. The summed E-state index contributed by atoms with van der Waals surface area (Å²) < 4.78 is 10.9. The van der Waals surface area contributed by atoms with Gasteiger partial charge in [-0.1, -0.05) is 6.07 Å². The van der Waals surface area contributed by atoms with Crippen LogP contribution in [0.15, 0.2) is 18.2 Å². The summed E-state index contributed by atoms with van der Waals surface area (Å²) in [6, 6.07) is 5.27. The van der Waals surface area contributed by atoms with Gasteiger partial charge in [0.05, 0.1) is 26.9 Å². The molecule has 29 heavy (non-hydrogen) atoms. The van der Waals surface area contributed by atoms with Gasteiger partial charge in [0.1, 0.15) is 11.3 Å². The number of rotatable bonds is 6. The fourth-order valence-corrected chi connectivity index (χ4v) is 3.80. The molecule has 0 amide bonds. The molecule has 3 rings (SSSR count).